The molecule has 0 unspecified atom stereocenters. The van der Waals surface area contributed by atoms with E-state index >= 15 is 0 Å². The van der Waals surface area contributed by atoms with E-state index in [4.69, 9.17) is 14.6 Å². The second-order valence-electron chi connectivity index (χ2n) is 7.87. The molecule has 0 aliphatic carbocycles. The van der Waals surface area contributed by atoms with Gasteiger partial charge in [0.25, 0.3) is 5.91 Å². The molecule has 2 heterocycles. The van der Waals surface area contributed by atoms with Gasteiger partial charge in [-0.3, -0.25) is 4.79 Å². The molecule has 8 nitrogen and oxygen atoms in total. The van der Waals surface area contributed by atoms with Crippen LogP contribution >= 0.6 is 0 Å². The molecule has 0 aliphatic rings. The molecule has 3 aromatic carbocycles. The Morgan fingerprint density at radius 3 is 2.50 bits per heavy atom. The third kappa shape index (κ3) is 4.65. The number of aromatic nitrogens is 3. The summed E-state index contributed by atoms with van der Waals surface area (Å²) in [5.41, 5.74) is 6.67. The minimum absolute atomic E-state index is 0.283. The van der Waals surface area contributed by atoms with Crippen molar-refractivity contribution in [1.82, 2.24) is 20.2 Å². The van der Waals surface area contributed by atoms with E-state index < -0.39 is 5.91 Å². The third-order valence-electron chi connectivity index (χ3n) is 5.62. The molecule has 5 aromatic rings. The Labute approximate surface area is 207 Å². The highest BCUT2D eigenvalue weighted by molar-refractivity contribution is 5.96. The number of para-hydroxylation sites is 2. The fourth-order valence-electron chi connectivity index (χ4n) is 3.81. The zero-order valence-corrected chi connectivity index (χ0v) is 19.8. The Morgan fingerprint density at radius 1 is 0.917 bits per heavy atom. The smallest absolute Gasteiger partial charge is 0.289 e. The van der Waals surface area contributed by atoms with E-state index in [1.165, 1.54) is 0 Å². The van der Waals surface area contributed by atoms with E-state index in [-0.39, 0.29) is 5.69 Å². The first-order valence-corrected chi connectivity index (χ1v) is 11.2. The predicted molar refractivity (Wildman–Crippen MR) is 139 cm³/mol. The van der Waals surface area contributed by atoms with Crippen molar-refractivity contribution in [3.63, 3.8) is 0 Å². The van der Waals surface area contributed by atoms with Gasteiger partial charge in [0.05, 0.1) is 31.6 Å². The Balaban J connectivity index is 1.46. The first-order chi connectivity index (χ1) is 17.7. The average Bonchev–Trinajstić information content (AvgIpc) is 3.37. The van der Waals surface area contributed by atoms with Gasteiger partial charge < -0.3 is 9.47 Å². The molecule has 0 saturated heterocycles. The first-order valence-electron chi connectivity index (χ1n) is 11.2. The Morgan fingerprint density at radius 2 is 1.69 bits per heavy atom. The fourth-order valence-corrected chi connectivity index (χ4v) is 3.81. The van der Waals surface area contributed by atoms with Gasteiger partial charge in [-0.1, -0.05) is 42.5 Å². The molecule has 0 spiro atoms. The largest absolute Gasteiger partial charge is 0.493 e. The van der Waals surface area contributed by atoms with Crippen LogP contribution in [0.3, 0.4) is 0 Å². The van der Waals surface area contributed by atoms with Crippen molar-refractivity contribution in [2.24, 2.45) is 5.10 Å². The number of nitrogens with zero attached hydrogens (tertiary/aromatic N) is 4. The molecule has 8 heteroatoms. The Hall–Kier alpha value is -4.98. The van der Waals surface area contributed by atoms with Crippen molar-refractivity contribution in [2.45, 2.75) is 0 Å². The molecule has 1 amide bonds. The lowest BCUT2D eigenvalue weighted by atomic mass is 10.1. The summed E-state index contributed by atoms with van der Waals surface area (Å²) in [7, 11) is 3.18. The van der Waals surface area contributed by atoms with E-state index in [1.54, 1.807) is 31.2 Å². The zero-order valence-electron chi connectivity index (χ0n) is 19.8. The minimum Gasteiger partial charge on any atom is -0.493 e. The standard InChI is InChI=1S/C28H23N5O3/c1-35-25-15-13-20(16-26(25)36-2)27-21(18-33(32-27)22-9-4-3-5-10-22)17-29-31-28(34)24-14-12-19-8-6-7-11-23(19)30-24/h3-18H,1-2H3,(H,31,34)/b29-17+. The lowest BCUT2D eigenvalue weighted by molar-refractivity contribution is 0.0950. The van der Waals surface area contributed by atoms with Crippen LogP contribution in [0.2, 0.25) is 0 Å². The van der Waals surface area contributed by atoms with Crippen LogP contribution in [-0.4, -0.2) is 41.1 Å². The highest BCUT2D eigenvalue weighted by atomic mass is 16.5. The Bertz CT molecular complexity index is 1560. The van der Waals surface area contributed by atoms with Crippen molar-refractivity contribution >= 4 is 23.0 Å². The fraction of sp³-hybridized carbons (Fsp3) is 0.0714. The minimum atomic E-state index is -0.403. The summed E-state index contributed by atoms with van der Waals surface area (Å²) in [4.78, 5) is 17.1. The number of carbonyl (C=O) groups excluding carboxylic acids is 1. The van der Waals surface area contributed by atoms with E-state index in [9.17, 15) is 4.79 Å². The number of ether oxygens (including phenoxy) is 2. The second-order valence-corrected chi connectivity index (χ2v) is 7.87. The number of methoxy groups -OCH3 is 2. The summed E-state index contributed by atoms with van der Waals surface area (Å²) in [6, 6.07) is 26.5. The zero-order chi connectivity index (χ0) is 24.9. The van der Waals surface area contributed by atoms with Crippen LogP contribution in [0.1, 0.15) is 16.1 Å². The van der Waals surface area contributed by atoms with Gasteiger partial charge in [0.15, 0.2) is 11.5 Å². The van der Waals surface area contributed by atoms with Crippen LogP contribution in [-0.2, 0) is 0 Å². The van der Waals surface area contributed by atoms with E-state index in [0.717, 1.165) is 22.2 Å². The number of pyridine rings is 1. The van der Waals surface area contributed by atoms with E-state index in [1.807, 2.05) is 85.1 Å². The van der Waals surface area contributed by atoms with Gasteiger partial charge in [0.2, 0.25) is 0 Å². The van der Waals surface area contributed by atoms with Gasteiger partial charge >= 0.3 is 0 Å². The Kier molecular flexibility index (Phi) is 6.40. The summed E-state index contributed by atoms with van der Waals surface area (Å²) in [6.45, 7) is 0. The van der Waals surface area contributed by atoms with Crippen molar-refractivity contribution in [1.29, 1.82) is 0 Å². The molecule has 0 aliphatic heterocycles. The van der Waals surface area contributed by atoms with Gasteiger partial charge in [0.1, 0.15) is 11.4 Å². The SMILES string of the molecule is COc1ccc(-c2nn(-c3ccccc3)cc2/C=N/NC(=O)c2ccc3ccccc3n2)cc1OC. The van der Waals surface area contributed by atoms with Gasteiger partial charge in [-0.25, -0.2) is 15.1 Å². The van der Waals surface area contributed by atoms with Crippen LogP contribution < -0.4 is 14.9 Å². The number of hydrogen-bond acceptors (Lipinski definition) is 6. The van der Waals surface area contributed by atoms with Crippen LogP contribution in [0.15, 0.2) is 96.2 Å². The number of fused-ring (bicyclic) bond motifs is 1. The van der Waals surface area contributed by atoms with Gasteiger partial charge in [-0.15, -0.1) is 0 Å². The predicted octanol–water partition coefficient (Wildman–Crippen LogP) is 4.87. The monoisotopic (exact) mass is 477 g/mol. The quantitative estimate of drug-likeness (QED) is 0.267. The number of carbonyl (C=O) groups is 1. The van der Waals surface area contributed by atoms with Crippen molar-refractivity contribution in [3.8, 4) is 28.4 Å². The molecule has 0 bridgehead atoms. The van der Waals surface area contributed by atoms with Crippen molar-refractivity contribution in [3.05, 3.63) is 102 Å². The summed E-state index contributed by atoms with van der Waals surface area (Å²) < 4.78 is 12.6. The van der Waals surface area contributed by atoms with E-state index in [2.05, 4.69) is 15.5 Å². The lowest BCUT2D eigenvalue weighted by Gasteiger charge is -2.09. The summed E-state index contributed by atoms with van der Waals surface area (Å²) >= 11 is 0. The summed E-state index contributed by atoms with van der Waals surface area (Å²) in [5.74, 6) is 0.803. The number of nitrogens with one attached hydrogen (secondary N) is 1. The maximum Gasteiger partial charge on any atom is 0.289 e. The first kappa shape index (κ1) is 22.8. The molecule has 2 aromatic heterocycles. The molecule has 36 heavy (non-hydrogen) atoms. The molecular weight excluding hydrogens is 454 g/mol. The topological polar surface area (TPSA) is 90.6 Å². The molecule has 0 saturated carbocycles. The number of rotatable bonds is 7. The normalized spacial score (nSPS) is 11.1. The molecule has 0 fully saturated rings. The number of hydrogen-bond donors (Lipinski definition) is 1. The molecule has 0 radical (unpaired) electrons. The van der Waals surface area contributed by atoms with Crippen LogP contribution in [0.25, 0.3) is 27.8 Å². The van der Waals surface area contributed by atoms with Crippen LogP contribution in [0, 0.1) is 0 Å². The van der Waals surface area contributed by atoms with Crippen molar-refractivity contribution < 1.29 is 14.3 Å². The van der Waals surface area contributed by atoms with Gasteiger partial charge in [-0.05, 0) is 42.5 Å². The van der Waals surface area contributed by atoms with Crippen LogP contribution in [0.5, 0.6) is 11.5 Å². The second kappa shape index (κ2) is 10.1. The maximum atomic E-state index is 12.7. The number of benzene rings is 3. The number of hydrazone groups is 1. The van der Waals surface area contributed by atoms with Gasteiger partial charge in [-0.2, -0.15) is 10.2 Å². The lowest BCUT2D eigenvalue weighted by Crippen LogP contribution is -2.18. The van der Waals surface area contributed by atoms with E-state index in [0.29, 0.717) is 22.8 Å². The highest BCUT2D eigenvalue weighted by Crippen LogP contribution is 2.33. The highest BCUT2D eigenvalue weighted by Gasteiger charge is 2.14. The molecular formula is C28H23N5O3. The number of amides is 1. The average molecular weight is 478 g/mol. The van der Waals surface area contributed by atoms with Crippen LogP contribution in [0.4, 0.5) is 0 Å². The van der Waals surface area contributed by atoms with Crippen molar-refractivity contribution in [2.75, 3.05) is 14.2 Å². The van der Waals surface area contributed by atoms with Gasteiger partial charge in [0, 0.05) is 22.7 Å². The third-order valence-corrected chi connectivity index (χ3v) is 5.62. The maximum absolute atomic E-state index is 12.7. The molecule has 1 N–H and O–H groups in total. The summed E-state index contributed by atoms with van der Waals surface area (Å²) in [6.07, 6.45) is 3.42. The molecule has 178 valence electrons. The molecule has 0 atom stereocenters. The summed E-state index contributed by atoms with van der Waals surface area (Å²) in [5, 5.41) is 9.93. The molecule has 5 rings (SSSR count).